The van der Waals surface area contributed by atoms with Gasteiger partial charge in [0.25, 0.3) is 0 Å². The molecule has 2 rings (SSSR count). The number of hydrogen-bond donors (Lipinski definition) is 2. The average molecular weight is 247 g/mol. The highest BCUT2D eigenvalue weighted by Crippen LogP contribution is 2.33. The molecule has 0 aliphatic carbocycles. The van der Waals surface area contributed by atoms with Crippen LogP contribution in [0.25, 0.3) is 0 Å². The minimum absolute atomic E-state index is 0.148. The lowest BCUT2D eigenvalue weighted by Gasteiger charge is -2.11. The maximum absolute atomic E-state index is 5.94. The van der Waals surface area contributed by atoms with E-state index in [0.29, 0.717) is 10.0 Å². The molecule has 0 saturated carbocycles. The third-order valence-electron chi connectivity index (χ3n) is 2.43. The molecular formula is C10H12Cl2N2O. The third-order valence-corrected chi connectivity index (χ3v) is 3.16. The van der Waals surface area contributed by atoms with Gasteiger partial charge in [-0.15, -0.1) is 0 Å². The van der Waals surface area contributed by atoms with Gasteiger partial charge in [0.2, 0.25) is 0 Å². The molecule has 1 aromatic carbocycles. The Labute approximate surface area is 98.7 Å². The fourth-order valence-electron chi connectivity index (χ4n) is 1.53. The molecule has 1 heterocycles. The molecule has 1 aromatic rings. The number of benzene rings is 1. The van der Waals surface area contributed by atoms with Crippen molar-refractivity contribution in [1.29, 1.82) is 0 Å². The number of fused-ring (bicyclic) bond motifs is 1. The van der Waals surface area contributed by atoms with Crippen molar-refractivity contribution in [3.8, 4) is 0 Å². The molecule has 0 bridgehead atoms. The van der Waals surface area contributed by atoms with E-state index < -0.39 is 0 Å². The van der Waals surface area contributed by atoms with Crippen LogP contribution < -0.4 is 10.6 Å². The molecule has 0 atom stereocenters. The average Bonchev–Trinajstić information content (AvgIpc) is 2.42. The van der Waals surface area contributed by atoms with Gasteiger partial charge < -0.3 is 15.4 Å². The van der Waals surface area contributed by atoms with E-state index in [2.05, 4.69) is 10.6 Å². The molecule has 2 N–H and O–H groups in total. The molecule has 15 heavy (non-hydrogen) atoms. The SMILES string of the molecule is COC1CNc2cc(Cl)c(Cl)cc2NC1. The van der Waals surface area contributed by atoms with Gasteiger partial charge >= 0.3 is 0 Å². The molecule has 1 aliphatic heterocycles. The number of methoxy groups -OCH3 is 1. The molecule has 0 unspecified atom stereocenters. The molecular weight excluding hydrogens is 235 g/mol. The first-order valence-corrected chi connectivity index (χ1v) is 5.46. The first kappa shape index (κ1) is 10.9. The van der Waals surface area contributed by atoms with Crippen molar-refractivity contribution in [2.45, 2.75) is 6.10 Å². The number of halogens is 2. The summed E-state index contributed by atoms with van der Waals surface area (Å²) in [7, 11) is 1.70. The summed E-state index contributed by atoms with van der Waals surface area (Å²) < 4.78 is 5.27. The van der Waals surface area contributed by atoms with E-state index in [0.717, 1.165) is 24.5 Å². The van der Waals surface area contributed by atoms with Crippen LogP contribution >= 0.6 is 23.2 Å². The van der Waals surface area contributed by atoms with Crippen LogP contribution in [0.15, 0.2) is 12.1 Å². The molecule has 0 radical (unpaired) electrons. The van der Waals surface area contributed by atoms with Gasteiger partial charge in [0, 0.05) is 20.2 Å². The van der Waals surface area contributed by atoms with Gasteiger partial charge in [0.1, 0.15) is 0 Å². The summed E-state index contributed by atoms with van der Waals surface area (Å²) in [6.07, 6.45) is 0.148. The lowest BCUT2D eigenvalue weighted by molar-refractivity contribution is 0.124. The Balaban J connectivity index is 2.27. The van der Waals surface area contributed by atoms with Crippen molar-refractivity contribution in [1.82, 2.24) is 0 Å². The Bertz CT molecular complexity index is 338. The molecule has 0 aromatic heterocycles. The van der Waals surface area contributed by atoms with Gasteiger partial charge in [-0.05, 0) is 12.1 Å². The summed E-state index contributed by atoms with van der Waals surface area (Å²) in [6, 6.07) is 3.65. The van der Waals surface area contributed by atoms with E-state index in [1.165, 1.54) is 0 Å². The molecule has 3 nitrogen and oxygen atoms in total. The van der Waals surface area contributed by atoms with Crippen molar-refractivity contribution >= 4 is 34.6 Å². The molecule has 5 heteroatoms. The molecule has 0 fully saturated rings. The summed E-state index contributed by atoms with van der Waals surface area (Å²) in [5, 5.41) is 7.64. The Morgan fingerprint density at radius 1 is 1.13 bits per heavy atom. The lowest BCUT2D eigenvalue weighted by Crippen LogP contribution is -2.26. The van der Waals surface area contributed by atoms with E-state index >= 15 is 0 Å². The second kappa shape index (κ2) is 4.47. The van der Waals surface area contributed by atoms with Crippen LogP contribution in [0.2, 0.25) is 10.0 Å². The van der Waals surface area contributed by atoms with Crippen LogP contribution in [-0.2, 0) is 4.74 Å². The van der Waals surface area contributed by atoms with Crippen LogP contribution in [0.4, 0.5) is 11.4 Å². The van der Waals surface area contributed by atoms with Crippen molar-refractivity contribution in [3.63, 3.8) is 0 Å². The Hall–Kier alpha value is -0.640. The first-order valence-electron chi connectivity index (χ1n) is 4.70. The highest BCUT2D eigenvalue weighted by Gasteiger charge is 2.15. The van der Waals surface area contributed by atoms with Crippen LogP contribution in [0, 0.1) is 0 Å². The fourth-order valence-corrected chi connectivity index (χ4v) is 1.85. The van der Waals surface area contributed by atoms with Crippen LogP contribution in [-0.4, -0.2) is 26.3 Å². The summed E-state index contributed by atoms with van der Waals surface area (Å²) in [5.41, 5.74) is 1.92. The number of ether oxygens (including phenoxy) is 1. The number of hydrogen-bond acceptors (Lipinski definition) is 3. The smallest absolute Gasteiger partial charge is 0.0915 e. The van der Waals surface area contributed by atoms with E-state index in [1.807, 2.05) is 12.1 Å². The summed E-state index contributed by atoms with van der Waals surface area (Å²) >= 11 is 11.9. The molecule has 0 saturated heterocycles. The topological polar surface area (TPSA) is 33.3 Å². The maximum atomic E-state index is 5.94. The van der Waals surface area contributed by atoms with Gasteiger partial charge in [-0.3, -0.25) is 0 Å². The minimum atomic E-state index is 0.148. The zero-order valence-corrected chi connectivity index (χ0v) is 9.82. The lowest BCUT2D eigenvalue weighted by atomic mass is 10.2. The summed E-state index contributed by atoms with van der Waals surface area (Å²) in [6.45, 7) is 1.52. The van der Waals surface area contributed by atoms with E-state index in [1.54, 1.807) is 7.11 Å². The monoisotopic (exact) mass is 246 g/mol. The molecule has 0 spiro atoms. The predicted octanol–water partition coefficient (Wildman–Crippen LogP) is 2.85. The van der Waals surface area contributed by atoms with Crippen molar-refractivity contribution in [3.05, 3.63) is 22.2 Å². The van der Waals surface area contributed by atoms with Crippen LogP contribution in [0.5, 0.6) is 0 Å². The highest BCUT2D eigenvalue weighted by molar-refractivity contribution is 6.42. The second-order valence-electron chi connectivity index (χ2n) is 3.43. The maximum Gasteiger partial charge on any atom is 0.0915 e. The van der Waals surface area contributed by atoms with E-state index in [-0.39, 0.29) is 6.10 Å². The van der Waals surface area contributed by atoms with Crippen LogP contribution in [0.3, 0.4) is 0 Å². The predicted molar refractivity (Wildman–Crippen MR) is 64.2 cm³/mol. The molecule has 1 aliphatic rings. The van der Waals surface area contributed by atoms with Gasteiger partial charge in [-0.25, -0.2) is 0 Å². The number of rotatable bonds is 1. The summed E-state index contributed by atoms with van der Waals surface area (Å²) in [5.74, 6) is 0. The van der Waals surface area contributed by atoms with Crippen molar-refractivity contribution < 1.29 is 4.74 Å². The highest BCUT2D eigenvalue weighted by atomic mass is 35.5. The van der Waals surface area contributed by atoms with Gasteiger partial charge in [0.15, 0.2) is 0 Å². The minimum Gasteiger partial charge on any atom is -0.381 e. The number of nitrogens with one attached hydrogen (secondary N) is 2. The quantitative estimate of drug-likeness (QED) is 0.800. The Morgan fingerprint density at radius 2 is 1.60 bits per heavy atom. The Kier molecular flexibility index (Phi) is 3.24. The fraction of sp³-hybridized carbons (Fsp3) is 0.400. The number of anilines is 2. The second-order valence-corrected chi connectivity index (χ2v) is 4.25. The third kappa shape index (κ3) is 2.30. The Morgan fingerprint density at radius 3 is 2.00 bits per heavy atom. The molecule has 0 amide bonds. The molecule has 82 valence electrons. The normalized spacial score (nSPS) is 16.2. The zero-order chi connectivity index (χ0) is 10.8. The van der Waals surface area contributed by atoms with Crippen LogP contribution in [0.1, 0.15) is 0 Å². The zero-order valence-electron chi connectivity index (χ0n) is 8.31. The first-order chi connectivity index (χ1) is 7.20. The standard InChI is InChI=1S/C10H12Cl2N2O/c1-15-6-4-13-9-2-7(11)8(12)3-10(9)14-5-6/h2-3,6,13-14H,4-5H2,1H3. The largest absolute Gasteiger partial charge is 0.381 e. The van der Waals surface area contributed by atoms with Gasteiger partial charge in [0.05, 0.1) is 27.5 Å². The van der Waals surface area contributed by atoms with Gasteiger partial charge in [-0.1, -0.05) is 23.2 Å². The van der Waals surface area contributed by atoms with Crippen molar-refractivity contribution in [2.75, 3.05) is 30.8 Å². The summed E-state index contributed by atoms with van der Waals surface area (Å²) in [4.78, 5) is 0. The van der Waals surface area contributed by atoms with E-state index in [4.69, 9.17) is 27.9 Å². The van der Waals surface area contributed by atoms with Gasteiger partial charge in [-0.2, -0.15) is 0 Å². The van der Waals surface area contributed by atoms with Crippen molar-refractivity contribution in [2.24, 2.45) is 0 Å². The van der Waals surface area contributed by atoms with E-state index in [9.17, 15) is 0 Å².